The summed E-state index contributed by atoms with van der Waals surface area (Å²) in [6.45, 7) is 2.93. The number of ketones is 2. The van der Waals surface area contributed by atoms with E-state index in [2.05, 4.69) is 4.98 Å². The third-order valence-electron chi connectivity index (χ3n) is 2.54. The molecule has 0 fully saturated rings. The molecular weight excluding hydrogens is 202 g/mol. The summed E-state index contributed by atoms with van der Waals surface area (Å²) < 4.78 is 0. The van der Waals surface area contributed by atoms with Crippen molar-refractivity contribution in [3.63, 3.8) is 0 Å². The third kappa shape index (κ3) is 1.72. The summed E-state index contributed by atoms with van der Waals surface area (Å²) in [5, 5.41) is 1.79. The Morgan fingerprint density at radius 3 is 2.12 bits per heavy atom. The fourth-order valence-electron chi connectivity index (χ4n) is 1.72. The van der Waals surface area contributed by atoms with Crippen molar-refractivity contribution in [3.8, 4) is 0 Å². The number of hydrogen-bond donors (Lipinski definition) is 0. The predicted molar refractivity (Wildman–Crippen MR) is 61.8 cm³/mol. The zero-order valence-corrected chi connectivity index (χ0v) is 9.15. The van der Waals surface area contributed by atoms with E-state index in [0.717, 1.165) is 10.8 Å². The van der Waals surface area contributed by atoms with E-state index < -0.39 is 0 Å². The molecule has 80 valence electrons. The normalized spacial score (nSPS) is 10.4. The average Bonchev–Trinajstić information content (AvgIpc) is 2.27. The summed E-state index contributed by atoms with van der Waals surface area (Å²) >= 11 is 0. The minimum atomic E-state index is -0.101. The van der Waals surface area contributed by atoms with E-state index in [1.165, 1.54) is 13.8 Å². The van der Waals surface area contributed by atoms with Gasteiger partial charge in [-0.15, -0.1) is 0 Å². The van der Waals surface area contributed by atoms with Gasteiger partial charge in [-0.05, 0) is 37.4 Å². The fraction of sp³-hybridized carbons (Fsp3) is 0.154. The number of hydrogen-bond acceptors (Lipinski definition) is 3. The minimum Gasteiger partial charge on any atom is -0.294 e. The zero-order chi connectivity index (χ0) is 11.7. The van der Waals surface area contributed by atoms with Crippen molar-refractivity contribution in [2.75, 3.05) is 0 Å². The van der Waals surface area contributed by atoms with Crippen molar-refractivity contribution in [2.24, 2.45) is 0 Å². The van der Waals surface area contributed by atoms with E-state index in [1.807, 2.05) is 6.07 Å². The molecule has 0 saturated heterocycles. The van der Waals surface area contributed by atoms with Crippen molar-refractivity contribution in [1.29, 1.82) is 0 Å². The Morgan fingerprint density at radius 1 is 1.00 bits per heavy atom. The summed E-state index contributed by atoms with van der Waals surface area (Å²) in [7, 11) is 0. The van der Waals surface area contributed by atoms with Gasteiger partial charge >= 0.3 is 0 Å². The molecule has 2 rings (SSSR count). The first kappa shape index (κ1) is 10.5. The lowest BCUT2D eigenvalue weighted by molar-refractivity contribution is 0.0981. The van der Waals surface area contributed by atoms with Crippen LogP contribution >= 0.6 is 0 Å². The number of fused-ring (bicyclic) bond motifs is 1. The molecule has 0 aliphatic heterocycles. The molecule has 1 heterocycles. The highest BCUT2D eigenvalue weighted by Crippen LogP contribution is 2.20. The Balaban J connectivity index is 2.81. The molecule has 0 unspecified atom stereocenters. The smallest absolute Gasteiger partial charge is 0.160 e. The molecule has 0 spiro atoms. The summed E-state index contributed by atoms with van der Waals surface area (Å²) in [5.41, 5.74) is 0.944. The molecule has 2 aromatic rings. The van der Waals surface area contributed by atoms with Gasteiger partial charge in [0.1, 0.15) is 0 Å². The van der Waals surface area contributed by atoms with E-state index >= 15 is 0 Å². The van der Waals surface area contributed by atoms with Crippen LogP contribution in [0.3, 0.4) is 0 Å². The molecule has 0 bridgehead atoms. The van der Waals surface area contributed by atoms with Gasteiger partial charge in [-0.1, -0.05) is 0 Å². The predicted octanol–water partition coefficient (Wildman–Crippen LogP) is 2.64. The molecule has 1 aromatic heterocycles. The molecule has 0 N–H and O–H groups in total. The van der Waals surface area contributed by atoms with Crippen LogP contribution in [0.25, 0.3) is 10.8 Å². The van der Waals surface area contributed by atoms with Gasteiger partial charge in [0.05, 0.1) is 0 Å². The van der Waals surface area contributed by atoms with Crippen molar-refractivity contribution in [3.05, 3.63) is 41.7 Å². The lowest BCUT2D eigenvalue weighted by Crippen LogP contribution is -2.04. The van der Waals surface area contributed by atoms with Crippen LogP contribution in [-0.4, -0.2) is 16.6 Å². The Hall–Kier alpha value is -2.03. The number of Topliss-reactive ketones (excluding diaryl/α,β-unsaturated/α-hetero) is 2. The highest BCUT2D eigenvalue weighted by Gasteiger charge is 2.12. The van der Waals surface area contributed by atoms with Gasteiger partial charge in [0.25, 0.3) is 0 Å². The maximum atomic E-state index is 11.4. The molecule has 0 atom stereocenters. The van der Waals surface area contributed by atoms with Crippen molar-refractivity contribution >= 4 is 22.3 Å². The fourth-order valence-corrected chi connectivity index (χ4v) is 1.72. The summed E-state index contributed by atoms with van der Waals surface area (Å²) in [6.07, 6.45) is 3.35. The molecule has 1 aromatic carbocycles. The van der Waals surface area contributed by atoms with Crippen LogP contribution in [0.5, 0.6) is 0 Å². The number of aromatic nitrogens is 1. The zero-order valence-electron chi connectivity index (χ0n) is 9.15. The monoisotopic (exact) mass is 213 g/mol. The molecule has 0 aliphatic rings. The van der Waals surface area contributed by atoms with Gasteiger partial charge in [-0.2, -0.15) is 0 Å². The molecular formula is C13H11NO2. The van der Waals surface area contributed by atoms with Gasteiger partial charge in [-0.25, -0.2) is 0 Å². The standard InChI is InChI=1S/C13H11NO2/c1-8(15)12-5-10-3-4-14-7-11(10)6-13(12)9(2)16/h3-7H,1-2H3. The minimum absolute atomic E-state index is 0.0936. The first-order chi connectivity index (χ1) is 7.59. The lowest BCUT2D eigenvalue weighted by Gasteiger charge is -2.06. The highest BCUT2D eigenvalue weighted by atomic mass is 16.1. The van der Waals surface area contributed by atoms with Crippen LogP contribution in [0.1, 0.15) is 34.6 Å². The van der Waals surface area contributed by atoms with Gasteiger partial charge in [0, 0.05) is 28.9 Å². The second kappa shape index (κ2) is 3.85. The average molecular weight is 213 g/mol. The Bertz CT molecular complexity index is 535. The van der Waals surface area contributed by atoms with E-state index in [-0.39, 0.29) is 11.6 Å². The van der Waals surface area contributed by atoms with E-state index in [1.54, 1.807) is 24.5 Å². The number of carbonyl (C=O) groups excluding carboxylic acids is 2. The van der Waals surface area contributed by atoms with Crippen LogP contribution < -0.4 is 0 Å². The Kier molecular flexibility index (Phi) is 2.52. The van der Waals surface area contributed by atoms with Crippen molar-refractivity contribution in [2.45, 2.75) is 13.8 Å². The maximum Gasteiger partial charge on any atom is 0.160 e. The van der Waals surface area contributed by atoms with Crippen LogP contribution in [0.2, 0.25) is 0 Å². The van der Waals surface area contributed by atoms with Crippen molar-refractivity contribution in [1.82, 2.24) is 4.98 Å². The number of nitrogens with zero attached hydrogens (tertiary/aromatic N) is 1. The second-order valence-corrected chi connectivity index (χ2v) is 3.73. The molecule has 16 heavy (non-hydrogen) atoms. The van der Waals surface area contributed by atoms with Gasteiger partial charge in [0.15, 0.2) is 11.6 Å². The Labute approximate surface area is 93.1 Å². The van der Waals surface area contributed by atoms with E-state index in [0.29, 0.717) is 11.1 Å². The summed E-state index contributed by atoms with van der Waals surface area (Å²) in [4.78, 5) is 26.9. The highest BCUT2D eigenvalue weighted by molar-refractivity contribution is 6.10. The molecule has 3 heteroatoms. The van der Waals surface area contributed by atoms with Crippen LogP contribution in [0, 0.1) is 0 Å². The van der Waals surface area contributed by atoms with Crippen LogP contribution in [-0.2, 0) is 0 Å². The first-order valence-corrected chi connectivity index (χ1v) is 4.99. The molecule has 0 saturated carbocycles. The van der Waals surface area contributed by atoms with E-state index in [4.69, 9.17) is 0 Å². The SMILES string of the molecule is CC(=O)c1cc2ccncc2cc1C(C)=O. The van der Waals surface area contributed by atoms with Crippen LogP contribution in [0.4, 0.5) is 0 Å². The van der Waals surface area contributed by atoms with E-state index in [9.17, 15) is 9.59 Å². The molecule has 0 amide bonds. The third-order valence-corrected chi connectivity index (χ3v) is 2.54. The second-order valence-electron chi connectivity index (χ2n) is 3.73. The molecule has 0 aliphatic carbocycles. The van der Waals surface area contributed by atoms with Gasteiger partial charge < -0.3 is 0 Å². The number of rotatable bonds is 2. The van der Waals surface area contributed by atoms with Crippen molar-refractivity contribution < 1.29 is 9.59 Å². The summed E-state index contributed by atoms with van der Waals surface area (Å²) in [6, 6.07) is 5.29. The molecule has 3 nitrogen and oxygen atoms in total. The quantitative estimate of drug-likeness (QED) is 0.720. The lowest BCUT2D eigenvalue weighted by atomic mass is 9.97. The summed E-state index contributed by atoms with van der Waals surface area (Å²) in [5.74, 6) is -0.195. The number of carbonyl (C=O) groups is 2. The van der Waals surface area contributed by atoms with Gasteiger partial charge in [0.2, 0.25) is 0 Å². The largest absolute Gasteiger partial charge is 0.294 e. The maximum absolute atomic E-state index is 11.4. The molecule has 0 radical (unpaired) electrons. The Morgan fingerprint density at radius 2 is 1.56 bits per heavy atom. The number of pyridine rings is 1. The first-order valence-electron chi connectivity index (χ1n) is 4.99. The number of benzene rings is 1. The van der Waals surface area contributed by atoms with Gasteiger partial charge in [-0.3, -0.25) is 14.6 Å². The topological polar surface area (TPSA) is 47.0 Å². The van der Waals surface area contributed by atoms with Crippen LogP contribution in [0.15, 0.2) is 30.6 Å².